The monoisotopic (exact) mass is 470 g/mol. The minimum Gasteiger partial charge on any atom is -0.350 e. The van der Waals surface area contributed by atoms with Crippen molar-refractivity contribution in [3.8, 4) is 0 Å². The average Bonchev–Trinajstić information content (AvgIpc) is 3.21. The van der Waals surface area contributed by atoms with E-state index in [1.54, 1.807) is 23.5 Å². The summed E-state index contributed by atoms with van der Waals surface area (Å²) >= 11 is 1.60. The van der Waals surface area contributed by atoms with E-state index in [2.05, 4.69) is 10.3 Å². The molecule has 1 N–H and O–H groups in total. The second kappa shape index (κ2) is 10.2. The van der Waals surface area contributed by atoms with Gasteiger partial charge in [0.25, 0.3) is 5.56 Å². The number of nitrogens with zero attached hydrogens (tertiary/aromatic N) is 3. The van der Waals surface area contributed by atoms with Crippen molar-refractivity contribution >= 4 is 33.4 Å². The van der Waals surface area contributed by atoms with Gasteiger partial charge in [0.2, 0.25) is 11.8 Å². The van der Waals surface area contributed by atoms with E-state index in [0.29, 0.717) is 11.9 Å². The predicted octanol–water partition coefficient (Wildman–Crippen LogP) is 3.03. The highest BCUT2D eigenvalue weighted by molar-refractivity contribution is 7.18. The van der Waals surface area contributed by atoms with Crippen LogP contribution in [0.25, 0.3) is 10.2 Å². The van der Waals surface area contributed by atoms with Crippen LogP contribution >= 0.6 is 11.3 Å². The summed E-state index contributed by atoms with van der Waals surface area (Å²) in [6, 6.07) is 5.88. The molecule has 33 heavy (non-hydrogen) atoms. The molecule has 3 aromatic rings. The molecule has 2 heterocycles. The quantitative estimate of drug-likeness (QED) is 0.549. The predicted molar refractivity (Wildman–Crippen MR) is 126 cm³/mol. The maximum absolute atomic E-state index is 13.0. The third-order valence-corrected chi connectivity index (χ3v) is 7.18. The molecule has 0 fully saturated rings. The number of amides is 2. The Balaban J connectivity index is 1.35. The fourth-order valence-electron chi connectivity index (χ4n) is 4.12. The molecule has 0 unspecified atom stereocenters. The minimum atomic E-state index is -0.333. The Morgan fingerprint density at radius 3 is 2.73 bits per heavy atom. The summed E-state index contributed by atoms with van der Waals surface area (Å²) in [6.45, 7) is 2.60. The molecule has 1 aliphatic rings. The van der Waals surface area contributed by atoms with E-state index in [9.17, 15) is 18.8 Å². The second-order valence-electron chi connectivity index (χ2n) is 8.20. The Morgan fingerprint density at radius 1 is 1.21 bits per heavy atom. The van der Waals surface area contributed by atoms with Crippen molar-refractivity contribution in [1.82, 2.24) is 19.8 Å². The number of hydrogen-bond acceptors (Lipinski definition) is 5. The van der Waals surface area contributed by atoms with Gasteiger partial charge in [-0.3, -0.25) is 19.0 Å². The van der Waals surface area contributed by atoms with Gasteiger partial charge in [0, 0.05) is 30.9 Å². The lowest BCUT2D eigenvalue weighted by Crippen LogP contribution is -2.41. The summed E-state index contributed by atoms with van der Waals surface area (Å²) < 4.78 is 14.5. The van der Waals surface area contributed by atoms with E-state index >= 15 is 0 Å². The summed E-state index contributed by atoms with van der Waals surface area (Å²) in [4.78, 5) is 46.0. The number of aromatic nitrogens is 2. The highest BCUT2D eigenvalue weighted by Gasteiger charge is 2.21. The zero-order chi connectivity index (χ0) is 23.4. The number of thiophene rings is 1. The van der Waals surface area contributed by atoms with Crippen LogP contribution in [-0.2, 0) is 35.5 Å². The largest absolute Gasteiger partial charge is 0.350 e. The Morgan fingerprint density at radius 2 is 1.97 bits per heavy atom. The van der Waals surface area contributed by atoms with Crippen LogP contribution < -0.4 is 10.9 Å². The van der Waals surface area contributed by atoms with Crippen molar-refractivity contribution in [3.63, 3.8) is 0 Å². The number of rotatable bonds is 8. The van der Waals surface area contributed by atoms with Gasteiger partial charge in [0.1, 0.15) is 10.6 Å². The van der Waals surface area contributed by atoms with Gasteiger partial charge in [-0.15, -0.1) is 11.3 Å². The van der Waals surface area contributed by atoms with Crippen molar-refractivity contribution in [2.75, 3.05) is 13.1 Å². The van der Waals surface area contributed by atoms with Gasteiger partial charge >= 0.3 is 0 Å². The zero-order valence-corrected chi connectivity index (χ0v) is 19.4. The molecule has 0 atom stereocenters. The van der Waals surface area contributed by atoms with Gasteiger partial charge in [0.15, 0.2) is 0 Å². The molecule has 2 amide bonds. The molecule has 1 aliphatic carbocycles. The van der Waals surface area contributed by atoms with Crippen LogP contribution in [-0.4, -0.2) is 39.4 Å². The Kier molecular flexibility index (Phi) is 7.17. The number of aryl methyl sites for hydroxylation is 3. The fraction of sp³-hybridized carbons (Fsp3) is 0.417. The molecule has 0 saturated carbocycles. The van der Waals surface area contributed by atoms with Gasteiger partial charge in [-0.25, -0.2) is 9.37 Å². The molecule has 9 heteroatoms. The molecular weight excluding hydrogens is 443 g/mol. The molecule has 4 rings (SSSR count). The number of hydrogen-bond donors (Lipinski definition) is 1. The molecule has 0 aliphatic heterocycles. The summed E-state index contributed by atoms with van der Waals surface area (Å²) in [6.07, 6.45) is 5.77. The number of benzene rings is 1. The number of likely N-dealkylation sites (N-methyl/N-ethyl adjacent to an activating group) is 1. The van der Waals surface area contributed by atoms with Crippen LogP contribution in [0, 0.1) is 5.82 Å². The second-order valence-corrected chi connectivity index (χ2v) is 9.28. The first-order valence-electron chi connectivity index (χ1n) is 11.2. The summed E-state index contributed by atoms with van der Waals surface area (Å²) in [5.41, 5.74) is 1.82. The number of nitrogens with one attached hydrogen (secondary N) is 1. The number of carbonyl (C=O) groups excluding carboxylic acids is 2. The third-order valence-electron chi connectivity index (χ3n) is 5.98. The topological polar surface area (TPSA) is 84.3 Å². The highest BCUT2D eigenvalue weighted by atomic mass is 32.1. The van der Waals surface area contributed by atoms with Crippen LogP contribution in [0.2, 0.25) is 0 Å². The summed E-state index contributed by atoms with van der Waals surface area (Å²) in [7, 11) is 0. The summed E-state index contributed by atoms with van der Waals surface area (Å²) in [5, 5.41) is 3.45. The standard InChI is InChI=1S/C24H27FN4O3S/c1-2-28(14-20(30)26-13-16-7-9-17(25)10-8-16)21(31)11-12-29-15-27-23-22(24(29)32)18-5-3-4-6-19(18)33-23/h7-10,15H,2-6,11-14H2,1H3,(H,26,30). The van der Waals surface area contributed by atoms with Crippen LogP contribution in [0.5, 0.6) is 0 Å². The van der Waals surface area contributed by atoms with Crippen molar-refractivity contribution in [3.05, 3.63) is 62.8 Å². The van der Waals surface area contributed by atoms with Gasteiger partial charge in [-0.2, -0.15) is 0 Å². The van der Waals surface area contributed by atoms with E-state index < -0.39 is 0 Å². The van der Waals surface area contributed by atoms with E-state index in [0.717, 1.165) is 41.6 Å². The molecule has 1 aromatic carbocycles. The van der Waals surface area contributed by atoms with Gasteiger partial charge in [0.05, 0.1) is 18.3 Å². The molecule has 174 valence electrons. The van der Waals surface area contributed by atoms with E-state index in [-0.39, 0.29) is 49.2 Å². The lowest BCUT2D eigenvalue weighted by Gasteiger charge is -2.20. The van der Waals surface area contributed by atoms with Crippen molar-refractivity contribution in [2.24, 2.45) is 0 Å². The fourth-order valence-corrected chi connectivity index (χ4v) is 5.34. The van der Waals surface area contributed by atoms with Crippen LogP contribution in [0.15, 0.2) is 35.4 Å². The number of fused-ring (bicyclic) bond motifs is 3. The lowest BCUT2D eigenvalue weighted by atomic mass is 9.97. The maximum Gasteiger partial charge on any atom is 0.262 e. The normalized spacial score (nSPS) is 13.0. The Hall–Kier alpha value is -3.07. The molecule has 2 aromatic heterocycles. The zero-order valence-electron chi connectivity index (χ0n) is 18.6. The van der Waals surface area contributed by atoms with Gasteiger partial charge < -0.3 is 10.2 Å². The van der Waals surface area contributed by atoms with Crippen LogP contribution in [0.1, 0.15) is 42.2 Å². The van der Waals surface area contributed by atoms with Crippen molar-refractivity contribution in [2.45, 2.75) is 52.1 Å². The Bertz CT molecular complexity index is 1220. The Labute approximate surface area is 195 Å². The smallest absolute Gasteiger partial charge is 0.262 e. The molecular formula is C24H27FN4O3S. The number of carbonyl (C=O) groups is 2. The highest BCUT2D eigenvalue weighted by Crippen LogP contribution is 2.33. The van der Waals surface area contributed by atoms with E-state index in [4.69, 9.17) is 0 Å². The first kappa shape index (κ1) is 23.1. The minimum absolute atomic E-state index is 0.0687. The van der Waals surface area contributed by atoms with E-state index in [1.165, 1.54) is 32.8 Å². The van der Waals surface area contributed by atoms with Crippen LogP contribution in [0.4, 0.5) is 4.39 Å². The van der Waals surface area contributed by atoms with Crippen molar-refractivity contribution in [1.29, 1.82) is 0 Å². The van der Waals surface area contributed by atoms with Crippen molar-refractivity contribution < 1.29 is 14.0 Å². The first-order valence-corrected chi connectivity index (χ1v) is 12.1. The summed E-state index contributed by atoms with van der Waals surface area (Å²) in [5.74, 6) is -0.825. The molecule has 0 saturated heterocycles. The third kappa shape index (κ3) is 5.30. The maximum atomic E-state index is 13.0. The SMILES string of the molecule is CCN(CC(=O)NCc1ccc(F)cc1)C(=O)CCn1cnc2sc3c(c2c1=O)CCCC3. The van der Waals surface area contributed by atoms with E-state index in [1.807, 2.05) is 6.92 Å². The molecule has 0 radical (unpaired) electrons. The first-order chi connectivity index (χ1) is 16.0. The molecule has 7 nitrogen and oxygen atoms in total. The van der Waals surface area contributed by atoms with Crippen LogP contribution in [0.3, 0.4) is 0 Å². The molecule has 0 spiro atoms. The number of halogens is 1. The average molecular weight is 471 g/mol. The molecule has 0 bridgehead atoms. The van der Waals surface area contributed by atoms with Gasteiger partial charge in [-0.1, -0.05) is 12.1 Å². The van der Waals surface area contributed by atoms with Gasteiger partial charge in [-0.05, 0) is 55.9 Å². The lowest BCUT2D eigenvalue weighted by molar-refractivity contribution is -0.136.